The lowest BCUT2D eigenvalue weighted by Gasteiger charge is -2.18. The summed E-state index contributed by atoms with van der Waals surface area (Å²) < 4.78 is 5.54. The van der Waals surface area contributed by atoms with Crippen LogP contribution in [0.3, 0.4) is 0 Å². The molecule has 3 unspecified atom stereocenters. The van der Waals surface area contributed by atoms with Gasteiger partial charge in [-0.05, 0) is 25.2 Å². The summed E-state index contributed by atoms with van der Waals surface area (Å²) in [6, 6.07) is 1.50. The summed E-state index contributed by atoms with van der Waals surface area (Å²) in [5, 5.41) is 0. The first-order valence-electron chi connectivity index (χ1n) is 6.05. The highest BCUT2D eigenvalue weighted by atomic mass is 28.1. The van der Waals surface area contributed by atoms with Gasteiger partial charge in [-0.1, -0.05) is 31.7 Å². The van der Waals surface area contributed by atoms with Gasteiger partial charge < -0.3 is 4.74 Å². The van der Waals surface area contributed by atoms with Gasteiger partial charge in [-0.2, -0.15) is 0 Å². The van der Waals surface area contributed by atoms with Crippen LogP contribution in [-0.2, 0) is 4.74 Å². The van der Waals surface area contributed by atoms with Gasteiger partial charge in [0.25, 0.3) is 0 Å². The molecule has 76 valence electrons. The fraction of sp³-hybridized carbons (Fsp3) is 1.00. The minimum atomic E-state index is 0.692. The summed E-state index contributed by atoms with van der Waals surface area (Å²) in [5.74, 6) is 1.01. The Bertz CT molecular complexity index is 160. The van der Waals surface area contributed by atoms with E-state index in [1.807, 2.05) is 0 Å². The van der Waals surface area contributed by atoms with Gasteiger partial charge in [0.15, 0.2) is 0 Å². The Kier molecular flexibility index (Phi) is 3.44. The predicted molar refractivity (Wildman–Crippen MR) is 59.2 cm³/mol. The molecule has 2 aliphatic rings. The Balaban J connectivity index is 1.54. The van der Waals surface area contributed by atoms with Crippen LogP contribution >= 0.6 is 0 Å². The standard InChI is InChI=1S/C11H22OSi/c13-7-3-1-2-4-9-5-6-10-11(8-9)12-10/h9-11H,1-8H2,13H3. The van der Waals surface area contributed by atoms with Crippen LogP contribution in [0.4, 0.5) is 0 Å². The quantitative estimate of drug-likeness (QED) is 0.373. The average molecular weight is 198 g/mol. The van der Waals surface area contributed by atoms with E-state index < -0.39 is 0 Å². The minimum absolute atomic E-state index is 0.692. The molecular formula is C11H22OSi. The van der Waals surface area contributed by atoms with Gasteiger partial charge in [0, 0.05) is 10.2 Å². The molecule has 0 amide bonds. The molecule has 0 aromatic heterocycles. The fourth-order valence-electron chi connectivity index (χ4n) is 2.61. The second-order valence-corrected chi connectivity index (χ2v) is 5.74. The van der Waals surface area contributed by atoms with Crippen molar-refractivity contribution in [2.24, 2.45) is 5.92 Å². The van der Waals surface area contributed by atoms with Gasteiger partial charge in [0.2, 0.25) is 0 Å². The third-order valence-corrected chi connectivity index (χ3v) is 4.29. The number of fused-ring (bicyclic) bond motifs is 1. The van der Waals surface area contributed by atoms with Crippen molar-refractivity contribution < 1.29 is 4.74 Å². The molecule has 2 heteroatoms. The summed E-state index contributed by atoms with van der Waals surface area (Å²) in [6.45, 7) is 0. The van der Waals surface area contributed by atoms with Crippen LogP contribution in [0.5, 0.6) is 0 Å². The van der Waals surface area contributed by atoms with Crippen LogP contribution < -0.4 is 0 Å². The zero-order valence-electron chi connectivity index (χ0n) is 8.80. The molecule has 1 heterocycles. The number of hydrogen-bond acceptors (Lipinski definition) is 1. The van der Waals surface area contributed by atoms with E-state index in [2.05, 4.69) is 0 Å². The number of ether oxygens (including phenoxy) is 1. The van der Waals surface area contributed by atoms with E-state index >= 15 is 0 Å². The number of epoxide rings is 1. The van der Waals surface area contributed by atoms with E-state index in [0.717, 1.165) is 5.92 Å². The molecule has 0 N–H and O–H groups in total. The van der Waals surface area contributed by atoms with Crippen LogP contribution in [0.15, 0.2) is 0 Å². The van der Waals surface area contributed by atoms with Crippen molar-refractivity contribution in [3.63, 3.8) is 0 Å². The largest absolute Gasteiger partial charge is 0.370 e. The maximum Gasteiger partial charge on any atom is 0.0844 e. The normalized spacial score (nSPS) is 37.4. The van der Waals surface area contributed by atoms with Gasteiger partial charge in [-0.25, -0.2) is 0 Å². The molecule has 13 heavy (non-hydrogen) atoms. The molecule has 0 aromatic rings. The Morgan fingerprint density at radius 3 is 2.77 bits per heavy atom. The summed E-state index contributed by atoms with van der Waals surface area (Å²) >= 11 is 0. The van der Waals surface area contributed by atoms with Crippen molar-refractivity contribution in [1.82, 2.24) is 0 Å². The van der Waals surface area contributed by atoms with Crippen LogP contribution in [0.2, 0.25) is 6.04 Å². The third kappa shape index (κ3) is 2.81. The monoisotopic (exact) mass is 198 g/mol. The van der Waals surface area contributed by atoms with Gasteiger partial charge in [0.05, 0.1) is 12.2 Å². The zero-order chi connectivity index (χ0) is 9.10. The molecule has 3 atom stereocenters. The second kappa shape index (κ2) is 4.60. The van der Waals surface area contributed by atoms with E-state index in [1.165, 1.54) is 61.2 Å². The average Bonchev–Trinajstić information content (AvgIpc) is 2.90. The minimum Gasteiger partial charge on any atom is -0.370 e. The third-order valence-electron chi connectivity index (χ3n) is 3.58. The zero-order valence-corrected chi connectivity index (χ0v) is 10.8. The van der Waals surface area contributed by atoms with Crippen LogP contribution in [0.25, 0.3) is 0 Å². The highest BCUT2D eigenvalue weighted by molar-refractivity contribution is 6.08. The van der Waals surface area contributed by atoms with Crippen molar-refractivity contribution >= 4 is 10.2 Å². The highest BCUT2D eigenvalue weighted by Crippen LogP contribution is 2.41. The number of unbranched alkanes of at least 4 members (excludes halogenated alkanes) is 2. The topological polar surface area (TPSA) is 12.5 Å². The van der Waals surface area contributed by atoms with Crippen molar-refractivity contribution in [3.05, 3.63) is 0 Å². The maximum absolute atomic E-state index is 5.54. The van der Waals surface area contributed by atoms with Gasteiger partial charge >= 0.3 is 0 Å². The molecular weight excluding hydrogens is 176 g/mol. The van der Waals surface area contributed by atoms with E-state index in [9.17, 15) is 0 Å². The van der Waals surface area contributed by atoms with E-state index in [4.69, 9.17) is 4.74 Å². The number of rotatable bonds is 5. The Hall–Kier alpha value is 0.177. The fourth-order valence-corrected chi connectivity index (χ4v) is 3.11. The van der Waals surface area contributed by atoms with Gasteiger partial charge in [-0.15, -0.1) is 0 Å². The van der Waals surface area contributed by atoms with E-state index in [1.54, 1.807) is 0 Å². The molecule has 0 bridgehead atoms. The molecule has 0 radical (unpaired) electrons. The van der Waals surface area contributed by atoms with Gasteiger partial charge in [0.1, 0.15) is 0 Å². The molecule has 1 aliphatic carbocycles. The summed E-state index contributed by atoms with van der Waals surface area (Å²) in [4.78, 5) is 0. The van der Waals surface area contributed by atoms with E-state index in [0.29, 0.717) is 12.2 Å². The smallest absolute Gasteiger partial charge is 0.0844 e. The van der Waals surface area contributed by atoms with Crippen molar-refractivity contribution in [2.75, 3.05) is 0 Å². The maximum atomic E-state index is 5.54. The lowest BCUT2D eigenvalue weighted by atomic mass is 9.86. The molecule has 1 saturated carbocycles. The first kappa shape index (κ1) is 9.72. The van der Waals surface area contributed by atoms with Crippen LogP contribution in [-0.4, -0.2) is 22.5 Å². The Morgan fingerprint density at radius 2 is 2.00 bits per heavy atom. The summed E-state index contributed by atoms with van der Waals surface area (Å²) in [6.07, 6.45) is 11.5. The lowest BCUT2D eigenvalue weighted by molar-refractivity contribution is 0.344. The van der Waals surface area contributed by atoms with Crippen molar-refractivity contribution in [1.29, 1.82) is 0 Å². The first-order valence-corrected chi connectivity index (χ1v) is 7.47. The lowest BCUT2D eigenvalue weighted by Crippen LogP contribution is -2.13. The summed E-state index contributed by atoms with van der Waals surface area (Å²) in [7, 11) is 1.40. The number of hydrogen-bond donors (Lipinski definition) is 0. The molecule has 2 rings (SSSR count). The van der Waals surface area contributed by atoms with Crippen LogP contribution in [0.1, 0.15) is 44.9 Å². The molecule has 2 fully saturated rings. The Morgan fingerprint density at radius 1 is 1.08 bits per heavy atom. The van der Waals surface area contributed by atoms with Crippen LogP contribution in [0, 0.1) is 5.92 Å². The van der Waals surface area contributed by atoms with Crippen molar-refractivity contribution in [2.45, 2.75) is 63.2 Å². The molecule has 0 spiro atoms. The summed E-state index contributed by atoms with van der Waals surface area (Å²) in [5.41, 5.74) is 0. The van der Waals surface area contributed by atoms with Gasteiger partial charge in [-0.3, -0.25) is 0 Å². The molecule has 0 aromatic carbocycles. The molecule has 1 aliphatic heterocycles. The molecule has 1 saturated heterocycles. The second-order valence-electron chi connectivity index (χ2n) is 4.74. The first-order chi connectivity index (χ1) is 6.40. The predicted octanol–water partition coefficient (Wildman–Crippen LogP) is 1.90. The SMILES string of the molecule is [SiH3]CCCCCC1CCC2OC2C1. The van der Waals surface area contributed by atoms with E-state index in [-0.39, 0.29) is 0 Å². The van der Waals surface area contributed by atoms with Crippen molar-refractivity contribution in [3.8, 4) is 0 Å². The Labute approximate surface area is 84.7 Å². The highest BCUT2D eigenvalue weighted by Gasteiger charge is 2.43. The molecule has 1 nitrogen and oxygen atoms in total.